The first-order valence-corrected chi connectivity index (χ1v) is 8.82. The summed E-state index contributed by atoms with van der Waals surface area (Å²) in [4.78, 5) is 0. The first-order valence-electron chi connectivity index (χ1n) is 8.82. The van der Waals surface area contributed by atoms with Gasteiger partial charge in [-0.25, -0.2) is 0 Å². The molecule has 3 nitrogen and oxygen atoms in total. The van der Waals surface area contributed by atoms with Gasteiger partial charge in [0, 0.05) is 0 Å². The van der Waals surface area contributed by atoms with Crippen LogP contribution in [-0.4, -0.2) is 18.3 Å². The van der Waals surface area contributed by atoms with Gasteiger partial charge >= 0.3 is 7.12 Å². The minimum atomic E-state index is -0.473. The molecular formula is C21H24BNO2. The second kappa shape index (κ2) is 5.56. The number of nitrogens with two attached hydrogens (primary N) is 1. The van der Waals surface area contributed by atoms with E-state index >= 15 is 0 Å². The van der Waals surface area contributed by atoms with Crippen molar-refractivity contribution < 1.29 is 9.31 Å². The molecule has 25 heavy (non-hydrogen) atoms. The van der Waals surface area contributed by atoms with Crippen molar-refractivity contribution in [3.05, 3.63) is 60.2 Å². The fourth-order valence-corrected chi connectivity index (χ4v) is 3.58. The van der Waals surface area contributed by atoms with Gasteiger partial charge in [-0.2, -0.15) is 0 Å². The van der Waals surface area contributed by atoms with E-state index in [1.807, 2.05) is 0 Å². The molecule has 1 aliphatic heterocycles. The summed E-state index contributed by atoms with van der Waals surface area (Å²) in [5.74, 6) is -0.364. The highest BCUT2D eigenvalue weighted by Crippen LogP contribution is 2.42. The highest BCUT2D eigenvalue weighted by atomic mass is 16.7. The van der Waals surface area contributed by atoms with Gasteiger partial charge in [-0.1, -0.05) is 48.5 Å². The summed E-state index contributed by atoms with van der Waals surface area (Å²) in [5.41, 5.74) is 7.03. The largest absolute Gasteiger partial charge is 0.480 e. The Kier molecular flexibility index (Phi) is 3.69. The van der Waals surface area contributed by atoms with Crippen LogP contribution in [0.15, 0.2) is 54.6 Å². The first kappa shape index (κ1) is 16.6. The molecule has 1 fully saturated rings. The third-order valence-electron chi connectivity index (χ3n) is 5.71. The van der Waals surface area contributed by atoms with Crippen LogP contribution in [0.1, 0.15) is 39.2 Å². The molecule has 3 aromatic carbocycles. The van der Waals surface area contributed by atoms with Crippen LogP contribution in [0.25, 0.3) is 21.5 Å². The fourth-order valence-electron chi connectivity index (χ4n) is 3.58. The molecule has 0 spiro atoms. The smallest absolute Gasteiger partial charge is 0.402 e. The van der Waals surface area contributed by atoms with Crippen LogP contribution in [0, 0.1) is 0 Å². The van der Waals surface area contributed by atoms with Crippen LogP contribution < -0.4 is 5.73 Å². The lowest BCUT2D eigenvalue weighted by molar-refractivity contribution is 0.00578. The Morgan fingerprint density at radius 2 is 1.24 bits per heavy atom. The first-order chi connectivity index (χ1) is 11.8. The number of rotatable bonds is 2. The van der Waals surface area contributed by atoms with Crippen molar-refractivity contribution in [2.24, 2.45) is 5.73 Å². The molecule has 128 valence electrons. The summed E-state index contributed by atoms with van der Waals surface area (Å²) in [5, 5.41) is 4.68. The van der Waals surface area contributed by atoms with E-state index in [0.717, 1.165) is 16.3 Å². The Balaban J connectivity index is 1.90. The summed E-state index contributed by atoms with van der Waals surface area (Å²) in [6, 6.07) is 18.9. The van der Waals surface area contributed by atoms with Crippen LogP contribution in [0.4, 0.5) is 0 Å². The molecule has 0 bridgehead atoms. The van der Waals surface area contributed by atoms with Crippen LogP contribution in [-0.2, 0) is 9.31 Å². The normalized spacial score (nSPS) is 20.3. The molecule has 0 saturated carbocycles. The second-order valence-electron chi connectivity index (χ2n) is 7.88. The van der Waals surface area contributed by atoms with E-state index in [1.165, 1.54) is 10.8 Å². The molecule has 0 radical (unpaired) electrons. The molecular weight excluding hydrogens is 309 g/mol. The third kappa shape index (κ3) is 2.56. The van der Waals surface area contributed by atoms with Crippen molar-refractivity contribution in [3.8, 4) is 0 Å². The minimum Gasteiger partial charge on any atom is -0.402 e. The maximum atomic E-state index is 6.72. The van der Waals surface area contributed by atoms with E-state index < -0.39 is 18.3 Å². The average Bonchev–Trinajstić information content (AvgIpc) is 2.80. The molecule has 3 aromatic rings. The zero-order valence-corrected chi connectivity index (χ0v) is 15.2. The summed E-state index contributed by atoms with van der Waals surface area (Å²) in [7, 11) is -0.473. The van der Waals surface area contributed by atoms with Crippen LogP contribution in [0.3, 0.4) is 0 Å². The number of benzene rings is 3. The molecule has 0 unspecified atom stereocenters. The zero-order chi connectivity index (χ0) is 17.8. The Bertz CT molecular complexity index is 881. The topological polar surface area (TPSA) is 44.5 Å². The predicted molar refractivity (Wildman–Crippen MR) is 104 cm³/mol. The molecule has 0 amide bonds. The van der Waals surface area contributed by atoms with E-state index in [-0.39, 0.29) is 5.94 Å². The summed E-state index contributed by atoms with van der Waals surface area (Å²) in [6.45, 7) is 8.23. The molecule has 1 atom stereocenters. The summed E-state index contributed by atoms with van der Waals surface area (Å²) < 4.78 is 12.5. The fraction of sp³-hybridized carbons (Fsp3) is 0.333. The number of hydrogen-bond acceptors (Lipinski definition) is 3. The van der Waals surface area contributed by atoms with E-state index in [2.05, 4.69) is 82.3 Å². The number of fused-ring (bicyclic) bond motifs is 2. The molecule has 2 N–H and O–H groups in total. The highest BCUT2D eigenvalue weighted by Gasteiger charge is 2.53. The minimum absolute atomic E-state index is 0.364. The van der Waals surface area contributed by atoms with Crippen molar-refractivity contribution >= 4 is 28.7 Å². The zero-order valence-electron chi connectivity index (χ0n) is 15.2. The van der Waals surface area contributed by atoms with Crippen molar-refractivity contribution in [1.82, 2.24) is 0 Å². The molecule has 1 aliphatic rings. The Labute approximate surface area is 149 Å². The second-order valence-corrected chi connectivity index (χ2v) is 7.88. The van der Waals surface area contributed by atoms with Crippen molar-refractivity contribution in [2.75, 3.05) is 0 Å². The van der Waals surface area contributed by atoms with Crippen molar-refractivity contribution in [2.45, 2.75) is 44.8 Å². The van der Waals surface area contributed by atoms with Crippen molar-refractivity contribution in [3.63, 3.8) is 0 Å². The average molecular weight is 333 g/mol. The lowest BCUT2D eigenvalue weighted by Gasteiger charge is -2.32. The predicted octanol–water partition coefficient (Wildman–Crippen LogP) is 4.62. The Morgan fingerprint density at radius 3 is 1.72 bits per heavy atom. The lowest BCUT2D eigenvalue weighted by atomic mass is 9.72. The van der Waals surface area contributed by atoms with Gasteiger partial charge in [-0.3, -0.25) is 0 Å². The van der Waals surface area contributed by atoms with E-state index in [1.54, 1.807) is 0 Å². The van der Waals surface area contributed by atoms with Gasteiger partial charge < -0.3 is 15.0 Å². The van der Waals surface area contributed by atoms with E-state index in [4.69, 9.17) is 15.0 Å². The molecule has 4 rings (SSSR count). The highest BCUT2D eigenvalue weighted by molar-refractivity contribution is 6.48. The summed E-state index contributed by atoms with van der Waals surface area (Å²) >= 11 is 0. The molecule has 4 heteroatoms. The molecule has 1 saturated heterocycles. The molecule has 0 aromatic heterocycles. The maximum Gasteiger partial charge on any atom is 0.480 e. The quantitative estimate of drug-likeness (QED) is 0.549. The Morgan fingerprint density at radius 1 is 0.800 bits per heavy atom. The molecule has 1 heterocycles. The van der Waals surface area contributed by atoms with E-state index in [0.29, 0.717) is 0 Å². The Hall–Kier alpha value is -1.88. The van der Waals surface area contributed by atoms with Gasteiger partial charge in [0.1, 0.15) is 0 Å². The lowest BCUT2D eigenvalue weighted by Crippen LogP contribution is -2.41. The third-order valence-corrected chi connectivity index (χ3v) is 5.71. The van der Waals surface area contributed by atoms with Gasteiger partial charge in [-0.05, 0) is 60.9 Å². The van der Waals surface area contributed by atoms with Gasteiger partial charge in [0.05, 0.1) is 17.1 Å². The molecule has 0 aliphatic carbocycles. The van der Waals surface area contributed by atoms with Crippen LogP contribution >= 0.6 is 0 Å². The van der Waals surface area contributed by atoms with Crippen LogP contribution in [0.5, 0.6) is 0 Å². The van der Waals surface area contributed by atoms with Gasteiger partial charge in [-0.15, -0.1) is 0 Å². The standard InChI is InChI=1S/C21H24BNO2/c1-20(2)21(3,4)25-22(24-20)19(23)18-16-11-7-5-9-14(16)13-15-10-6-8-12-17(15)18/h5-13,19H,23H2,1-4H3/t19-/m1/s1. The monoisotopic (exact) mass is 333 g/mol. The van der Waals surface area contributed by atoms with Crippen LogP contribution in [0.2, 0.25) is 0 Å². The number of hydrogen-bond donors (Lipinski definition) is 1. The van der Waals surface area contributed by atoms with Gasteiger partial charge in [0.15, 0.2) is 0 Å². The van der Waals surface area contributed by atoms with Gasteiger partial charge in [0.2, 0.25) is 0 Å². The SMILES string of the molecule is CC1(C)OB([C@H](N)c2c3ccccc3cc3ccccc23)OC1(C)C. The maximum absolute atomic E-state index is 6.72. The summed E-state index contributed by atoms with van der Waals surface area (Å²) in [6.07, 6.45) is 0. The van der Waals surface area contributed by atoms with E-state index in [9.17, 15) is 0 Å². The van der Waals surface area contributed by atoms with Gasteiger partial charge in [0.25, 0.3) is 0 Å². The van der Waals surface area contributed by atoms with Crippen molar-refractivity contribution in [1.29, 1.82) is 0 Å².